The molecule has 26 heavy (non-hydrogen) atoms. The molecule has 0 fully saturated rings. The van der Waals surface area contributed by atoms with Crippen LogP contribution in [0.5, 0.6) is 0 Å². The summed E-state index contributed by atoms with van der Waals surface area (Å²) < 4.78 is 14.9. The lowest BCUT2D eigenvalue weighted by Gasteiger charge is -2.09. The molecule has 1 aliphatic heterocycles. The molecule has 0 aliphatic carbocycles. The highest BCUT2D eigenvalue weighted by Crippen LogP contribution is 2.36. The zero-order valence-electron chi connectivity index (χ0n) is 13.9. The number of amides is 1. The number of anilines is 1. The van der Waals surface area contributed by atoms with E-state index in [0.717, 1.165) is 28.3 Å². The summed E-state index contributed by atoms with van der Waals surface area (Å²) in [5, 5.41) is 7.54. The van der Waals surface area contributed by atoms with Crippen LogP contribution in [0.15, 0.2) is 60.7 Å². The third-order valence-electron chi connectivity index (χ3n) is 4.09. The first-order valence-corrected chi connectivity index (χ1v) is 9.35. The molecule has 2 heterocycles. The molecule has 130 valence electrons. The monoisotopic (exact) mass is 365 g/mol. The van der Waals surface area contributed by atoms with E-state index >= 15 is 0 Å². The van der Waals surface area contributed by atoms with E-state index in [9.17, 15) is 9.18 Å². The average Bonchev–Trinajstić information content (AvgIpc) is 3.24. The Bertz CT molecular complexity index is 965. The predicted molar refractivity (Wildman–Crippen MR) is 103 cm³/mol. The Morgan fingerprint density at radius 1 is 1.12 bits per heavy atom. The quantitative estimate of drug-likeness (QED) is 0.697. The summed E-state index contributed by atoms with van der Waals surface area (Å²) >= 11 is 1.76. The number of thioether (sulfide) groups is 1. The smallest absolute Gasteiger partial charge is 0.249 e. The molecular weight excluding hydrogens is 349 g/mol. The SMILES string of the molecule is O=C(/C=C\c1ccccc1)Nc1c2c(nn1-c1ccc(F)cc1)CSC2. The maximum atomic E-state index is 13.2. The number of hydrogen-bond acceptors (Lipinski definition) is 3. The third-order valence-corrected chi connectivity index (χ3v) is 5.06. The Morgan fingerprint density at radius 2 is 1.88 bits per heavy atom. The number of rotatable bonds is 4. The summed E-state index contributed by atoms with van der Waals surface area (Å²) in [6.45, 7) is 0. The number of carbonyl (C=O) groups excluding carboxylic acids is 1. The molecule has 0 saturated heterocycles. The van der Waals surface area contributed by atoms with E-state index in [1.54, 1.807) is 34.7 Å². The molecule has 0 unspecified atom stereocenters. The second kappa shape index (κ2) is 7.17. The molecule has 1 amide bonds. The van der Waals surface area contributed by atoms with Crippen molar-refractivity contribution in [2.45, 2.75) is 11.5 Å². The van der Waals surface area contributed by atoms with Crippen LogP contribution in [0.25, 0.3) is 11.8 Å². The van der Waals surface area contributed by atoms with Crippen molar-refractivity contribution < 1.29 is 9.18 Å². The van der Waals surface area contributed by atoms with Gasteiger partial charge >= 0.3 is 0 Å². The van der Waals surface area contributed by atoms with Crippen LogP contribution >= 0.6 is 11.8 Å². The topological polar surface area (TPSA) is 46.9 Å². The molecule has 0 radical (unpaired) electrons. The van der Waals surface area contributed by atoms with Gasteiger partial charge in [0.25, 0.3) is 0 Å². The van der Waals surface area contributed by atoms with Crippen molar-refractivity contribution in [3.05, 3.63) is 83.3 Å². The van der Waals surface area contributed by atoms with Crippen molar-refractivity contribution in [3.8, 4) is 5.69 Å². The minimum Gasteiger partial charge on any atom is -0.307 e. The minimum atomic E-state index is -0.305. The Hall–Kier alpha value is -2.86. The van der Waals surface area contributed by atoms with E-state index in [0.29, 0.717) is 11.5 Å². The highest BCUT2D eigenvalue weighted by Gasteiger charge is 2.24. The fourth-order valence-electron chi connectivity index (χ4n) is 2.80. The van der Waals surface area contributed by atoms with Crippen molar-refractivity contribution in [1.82, 2.24) is 9.78 Å². The molecular formula is C20H16FN3OS. The molecule has 3 aromatic rings. The lowest BCUT2D eigenvalue weighted by molar-refractivity contribution is -0.111. The standard InChI is InChI=1S/C20H16FN3OS/c21-15-7-9-16(10-8-15)24-20(17-12-26-13-18(17)23-24)22-19(25)11-6-14-4-2-1-3-5-14/h1-11H,12-13H2,(H,22,25)/b11-6-. The fraction of sp³-hybridized carbons (Fsp3) is 0.100. The van der Waals surface area contributed by atoms with Gasteiger partial charge < -0.3 is 5.32 Å². The lowest BCUT2D eigenvalue weighted by Crippen LogP contribution is -2.13. The van der Waals surface area contributed by atoms with Gasteiger partial charge in [-0.3, -0.25) is 4.79 Å². The van der Waals surface area contributed by atoms with Gasteiger partial charge in [-0.25, -0.2) is 9.07 Å². The molecule has 4 nitrogen and oxygen atoms in total. The van der Waals surface area contributed by atoms with Gasteiger partial charge in [0, 0.05) is 23.1 Å². The van der Waals surface area contributed by atoms with Crippen LogP contribution in [-0.4, -0.2) is 15.7 Å². The van der Waals surface area contributed by atoms with Crippen molar-refractivity contribution >= 4 is 29.6 Å². The predicted octanol–water partition coefficient (Wildman–Crippen LogP) is 4.41. The van der Waals surface area contributed by atoms with Gasteiger partial charge in [-0.15, -0.1) is 0 Å². The summed E-state index contributed by atoms with van der Waals surface area (Å²) in [5.74, 6) is 1.73. The maximum Gasteiger partial charge on any atom is 0.249 e. The molecule has 0 bridgehead atoms. The van der Waals surface area contributed by atoms with E-state index in [2.05, 4.69) is 10.4 Å². The number of halogens is 1. The van der Waals surface area contributed by atoms with Gasteiger partial charge in [0.1, 0.15) is 11.6 Å². The van der Waals surface area contributed by atoms with E-state index in [1.807, 2.05) is 30.3 Å². The largest absolute Gasteiger partial charge is 0.307 e. The molecule has 0 atom stereocenters. The lowest BCUT2D eigenvalue weighted by atomic mass is 10.2. The third kappa shape index (κ3) is 3.41. The average molecular weight is 365 g/mol. The van der Waals surface area contributed by atoms with Crippen LogP contribution in [0, 0.1) is 5.82 Å². The maximum absolute atomic E-state index is 13.2. The summed E-state index contributed by atoms with van der Waals surface area (Å²) in [5.41, 5.74) is 3.66. The highest BCUT2D eigenvalue weighted by atomic mass is 32.2. The number of nitrogens with one attached hydrogen (secondary N) is 1. The minimum absolute atomic E-state index is 0.225. The summed E-state index contributed by atoms with van der Waals surface area (Å²) in [6, 6.07) is 15.7. The van der Waals surface area contributed by atoms with Gasteiger partial charge in [0.15, 0.2) is 0 Å². The molecule has 1 aromatic heterocycles. The second-order valence-electron chi connectivity index (χ2n) is 5.89. The molecule has 1 N–H and O–H groups in total. The van der Waals surface area contributed by atoms with Crippen LogP contribution in [0.2, 0.25) is 0 Å². The Balaban J connectivity index is 1.62. The zero-order chi connectivity index (χ0) is 17.9. The molecule has 4 rings (SSSR count). The Labute approximate surface area is 154 Å². The van der Waals surface area contributed by atoms with Crippen LogP contribution in [0.3, 0.4) is 0 Å². The van der Waals surface area contributed by atoms with Crippen molar-refractivity contribution in [2.75, 3.05) is 5.32 Å². The summed E-state index contributed by atoms with van der Waals surface area (Å²) in [6.07, 6.45) is 3.27. The van der Waals surface area contributed by atoms with Gasteiger partial charge in [-0.05, 0) is 35.9 Å². The number of carbonyl (C=O) groups is 1. The first-order chi connectivity index (χ1) is 12.7. The van der Waals surface area contributed by atoms with E-state index < -0.39 is 0 Å². The van der Waals surface area contributed by atoms with Crippen LogP contribution in [-0.2, 0) is 16.3 Å². The normalized spacial score (nSPS) is 13.1. The van der Waals surface area contributed by atoms with Crippen molar-refractivity contribution in [3.63, 3.8) is 0 Å². The summed E-state index contributed by atoms with van der Waals surface area (Å²) in [4.78, 5) is 12.4. The van der Waals surface area contributed by atoms with E-state index in [4.69, 9.17) is 0 Å². The van der Waals surface area contributed by atoms with E-state index in [1.165, 1.54) is 18.2 Å². The first kappa shape index (κ1) is 16.6. The second-order valence-corrected chi connectivity index (χ2v) is 6.87. The number of nitrogens with zero attached hydrogens (tertiary/aromatic N) is 2. The number of benzene rings is 2. The summed E-state index contributed by atoms with van der Waals surface area (Å²) in [7, 11) is 0. The van der Waals surface area contributed by atoms with Gasteiger partial charge in [-0.2, -0.15) is 16.9 Å². The van der Waals surface area contributed by atoms with Crippen molar-refractivity contribution in [1.29, 1.82) is 0 Å². The molecule has 0 saturated carbocycles. The van der Waals surface area contributed by atoms with Crippen LogP contribution in [0.1, 0.15) is 16.8 Å². The molecule has 2 aromatic carbocycles. The number of fused-ring (bicyclic) bond motifs is 1. The van der Waals surface area contributed by atoms with Crippen molar-refractivity contribution in [2.24, 2.45) is 0 Å². The molecule has 6 heteroatoms. The Kier molecular flexibility index (Phi) is 4.58. The molecule has 0 spiro atoms. The van der Waals surface area contributed by atoms with Gasteiger partial charge in [0.2, 0.25) is 5.91 Å². The molecule has 1 aliphatic rings. The van der Waals surface area contributed by atoms with Crippen LogP contribution in [0.4, 0.5) is 10.2 Å². The van der Waals surface area contributed by atoms with Gasteiger partial charge in [-0.1, -0.05) is 30.3 Å². The van der Waals surface area contributed by atoms with Crippen LogP contribution < -0.4 is 5.32 Å². The number of hydrogen-bond donors (Lipinski definition) is 1. The first-order valence-electron chi connectivity index (χ1n) is 8.19. The fourth-order valence-corrected chi connectivity index (χ4v) is 3.84. The van der Waals surface area contributed by atoms with Gasteiger partial charge in [0.05, 0.1) is 11.4 Å². The highest BCUT2D eigenvalue weighted by molar-refractivity contribution is 7.98. The van der Waals surface area contributed by atoms with E-state index in [-0.39, 0.29) is 11.7 Å². The zero-order valence-corrected chi connectivity index (χ0v) is 14.7. The number of aromatic nitrogens is 2. The Morgan fingerprint density at radius 3 is 2.65 bits per heavy atom.